The average Bonchev–Trinajstić information content (AvgIpc) is 2.87. The fourth-order valence-electron chi connectivity index (χ4n) is 2.49. The first-order valence-electron chi connectivity index (χ1n) is 7.05. The molecule has 0 radical (unpaired) electrons. The SMILES string of the molecule is CCc1[nH]c2ccccc2[n+]1CCOc1ccccc1. The third-order valence-corrected chi connectivity index (χ3v) is 3.46. The molecule has 0 aliphatic heterocycles. The summed E-state index contributed by atoms with van der Waals surface area (Å²) < 4.78 is 8.10. The van der Waals surface area contributed by atoms with E-state index in [1.54, 1.807) is 0 Å². The minimum atomic E-state index is 0.670. The van der Waals surface area contributed by atoms with Gasteiger partial charge in [-0.25, -0.2) is 9.55 Å². The molecule has 102 valence electrons. The van der Waals surface area contributed by atoms with Gasteiger partial charge in [-0.3, -0.25) is 0 Å². The van der Waals surface area contributed by atoms with Crippen LogP contribution in [0, 0.1) is 0 Å². The number of benzene rings is 2. The topological polar surface area (TPSA) is 28.9 Å². The second-order valence-corrected chi connectivity index (χ2v) is 4.76. The number of aromatic amines is 1. The van der Waals surface area contributed by atoms with E-state index in [1.165, 1.54) is 16.9 Å². The van der Waals surface area contributed by atoms with Gasteiger partial charge in [-0.2, -0.15) is 0 Å². The number of aryl methyl sites for hydroxylation is 1. The Balaban J connectivity index is 1.77. The molecule has 3 rings (SSSR count). The van der Waals surface area contributed by atoms with E-state index in [0.29, 0.717) is 6.61 Å². The summed E-state index contributed by atoms with van der Waals surface area (Å²) >= 11 is 0. The maximum atomic E-state index is 5.79. The van der Waals surface area contributed by atoms with E-state index in [2.05, 4.69) is 40.7 Å². The number of rotatable bonds is 5. The van der Waals surface area contributed by atoms with Gasteiger partial charge < -0.3 is 4.74 Å². The first-order chi connectivity index (χ1) is 9.88. The molecule has 3 nitrogen and oxygen atoms in total. The number of H-pyrrole nitrogens is 1. The van der Waals surface area contributed by atoms with Crippen molar-refractivity contribution in [2.45, 2.75) is 19.9 Å². The van der Waals surface area contributed by atoms with Crippen molar-refractivity contribution in [2.24, 2.45) is 0 Å². The van der Waals surface area contributed by atoms with Crippen LogP contribution >= 0.6 is 0 Å². The lowest BCUT2D eigenvalue weighted by atomic mass is 10.3. The number of aromatic nitrogens is 2. The van der Waals surface area contributed by atoms with Gasteiger partial charge in [0.15, 0.2) is 11.0 Å². The fourth-order valence-corrected chi connectivity index (χ4v) is 2.49. The standard InChI is InChI=1S/C17H18N2O/c1-2-17-18-15-10-6-7-11-16(15)19(17)12-13-20-14-8-4-3-5-9-14/h3-11H,2,12-13H2,1H3/p+1. The highest BCUT2D eigenvalue weighted by molar-refractivity contribution is 5.70. The molecule has 3 heteroatoms. The van der Waals surface area contributed by atoms with Gasteiger partial charge in [-0.15, -0.1) is 0 Å². The molecule has 0 saturated carbocycles. The van der Waals surface area contributed by atoms with Crippen molar-refractivity contribution in [1.82, 2.24) is 4.98 Å². The minimum Gasteiger partial charge on any atom is -0.489 e. The predicted octanol–water partition coefficient (Wildman–Crippen LogP) is 3.10. The summed E-state index contributed by atoms with van der Waals surface area (Å²) in [6.07, 6.45) is 0.986. The van der Waals surface area contributed by atoms with E-state index >= 15 is 0 Å². The van der Waals surface area contributed by atoms with Gasteiger partial charge in [-0.05, 0) is 24.3 Å². The number of para-hydroxylation sites is 3. The predicted molar refractivity (Wildman–Crippen MR) is 79.8 cm³/mol. The summed E-state index contributed by atoms with van der Waals surface area (Å²) in [5.74, 6) is 2.16. The smallest absolute Gasteiger partial charge is 0.255 e. The van der Waals surface area contributed by atoms with E-state index in [0.717, 1.165) is 18.7 Å². The highest BCUT2D eigenvalue weighted by Crippen LogP contribution is 2.10. The summed E-state index contributed by atoms with van der Waals surface area (Å²) in [6.45, 7) is 3.69. The normalized spacial score (nSPS) is 10.8. The zero-order valence-corrected chi connectivity index (χ0v) is 11.7. The monoisotopic (exact) mass is 267 g/mol. The van der Waals surface area contributed by atoms with Crippen LogP contribution in [0.5, 0.6) is 5.75 Å². The molecule has 0 fully saturated rings. The van der Waals surface area contributed by atoms with E-state index in [4.69, 9.17) is 4.74 Å². The van der Waals surface area contributed by atoms with Crippen LogP contribution in [0.1, 0.15) is 12.7 Å². The molecule has 0 saturated heterocycles. The highest BCUT2D eigenvalue weighted by Gasteiger charge is 2.15. The summed E-state index contributed by atoms with van der Waals surface area (Å²) in [6, 6.07) is 18.3. The van der Waals surface area contributed by atoms with Gasteiger partial charge in [0, 0.05) is 6.42 Å². The fraction of sp³-hybridized carbons (Fsp3) is 0.235. The van der Waals surface area contributed by atoms with Crippen molar-refractivity contribution in [2.75, 3.05) is 6.61 Å². The van der Waals surface area contributed by atoms with Gasteiger partial charge in [0.05, 0.1) is 0 Å². The number of hydrogen-bond acceptors (Lipinski definition) is 1. The molecule has 0 spiro atoms. The Labute approximate surface area is 118 Å². The minimum absolute atomic E-state index is 0.670. The van der Waals surface area contributed by atoms with Crippen molar-refractivity contribution in [3.63, 3.8) is 0 Å². The molecule has 0 aliphatic carbocycles. The summed E-state index contributed by atoms with van der Waals surface area (Å²) in [4.78, 5) is 3.47. The van der Waals surface area contributed by atoms with E-state index < -0.39 is 0 Å². The molecule has 0 amide bonds. The van der Waals surface area contributed by atoms with Gasteiger partial charge >= 0.3 is 0 Å². The maximum absolute atomic E-state index is 5.79. The van der Waals surface area contributed by atoms with Crippen LogP contribution in [0.2, 0.25) is 0 Å². The van der Waals surface area contributed by atoms with Crippen molar-refractivity contribution in [1.29, 1.82) is 0 Å². The van der Waals surface area contributed by atoms with E-state index in [1.807, 2.05) is 30.3 Å². The van der Waals surface area contributed by atoms with Crippen LogP contribution in [-0.2, 0) is 13.0 Å². The third-order valence-electron chi connectivity index (χ3n) is 3.46. The molecule has 0 unspecified atom stereocenters. The van der Waals surface area contributed by atoms with Crippen molar-refractivity contribution in [3.8, 4) is 5.75 Å². The molecule has 20 heavy (non-hydrogen) atoms. The molecular weight excluding hydrogens is 248 g/mol. The van der Waals surface area contributed by atoms with E-state index in [-0.39, 0.29) is 0 Å². The average molecular weight is 267 g/mol. The third kappa shape index (κ3) is 2.52. The van der Waals surface area contributed by atoms with Crippen LogP contribution in [0.4, 0.5) is 0 Å². The molecule has 1 heterocycles. The summed E-state index contributed by atoms with van der Waals surface area (Å²) in [5, 5.41) is 0. The second kappa shape index (κ2) is 5.78. The van der Waals surface area contributed by atoms with Crippen molar-refractivity contribution >= 4 is 11.0 Å². The number of hydrogen-bond donors (Lipinski definition) is 1. The van der Waals surface area contributed by atoms with Crippen molar-refractivity contribution < 1.29 is 9.30 Å². The first kappa shape index (κ1) is 12.7. The van der Waals surface area contributed by atoms with Gasteiger partial charge in [0.1, 0.15) is 18.9 Å². The van der Waals surface area contributed by atoms with Crippen LogP contribution < -0.4 is 9.30 Å². The molecule has 1 N–H and O–H groups in total. The Morgan fingerprint density at radius 3 is 2.55 bits per heavy atom. The first-order valence-corrected chi connectivity index (χ1v) is 7.05. The molecule has 0 aliphatic rings. The molecular formula is C17H19N2O+. The van der Waals surface area contributed by atoms with E-state index in [9.17, 15) is 0 Å². The summed E-state index contributed by atoms with van der Waals surface area (Å²) in [5.41, 5.74) is 2.42. The molecule has 1 aromatic heterocycles. The Morgan fingerprint density at radius 2 is 1.75 bits per heavy atom. The molecule has 3 aromatic rings. The zero-order chi connectivity index (χ0) is 13.8. The number of imidazole rings is 1. The Morgan fingerprint density at radius 1 is 1.00 bits per heavy atom. The quantitative estimate of drug-likeness (QED) is 0.707. The van der Waals surface area contributed by atoms with Gasteiger partial charge in [0.2, 0.25) is 0 Å². The number of fused-ring (bicyclic) bond motifs is 1. The zero-order valence-electron chi connectivity index (χ0n) is 11.7. The van der Waals surface area contributed by atoms with Crippen LogP contribution in [-0.4, -0.2) is 11.6 Å². The molecule has 0 bridgehead atoms. The lowest BCUT2D eigenvalue weighted by Crippen LogP contribution is -2.39. The van der Waals surface area contributed by atoms with Gasteiger partial charge in [0.25, 0.3) is 5.82 Å². The lowest BCUT2D eigenvalue weighted by Gasteiger charge is -2.05. The molecule has 0 atom stereocenters. The number of ether oxygens (including phenoxy) is 1. The Kier molecular flexibility index (Phi) is 3.68. The second-order valence-electron chi connectivity index (χ2n) is 4.76. The van der Waals surface area contributed by atoms with Crippen LogP contribution in [0.15, 0.2) is 54.6 Å². The highest BCUT2D eigenvalue weighted by atomic mass is 16.5. The van der Waals surface area contributed by atoms with Crippen molar-refractivity contribution in [3.05, 3.63) is 60.4 Å². The number of nitrogens with one attached hydrogen (secondary N) is 1. The molecule has 2 aromatic carbocycles. The Bertz CT molecular complexity index is 689. The van der Waals surface area contributed by atoms with Crippen LogP contribution in [0.3, 0.4) is 0 Å². The largest absolute Gasteiger partial charge is 0.489 e. The number of nitrogens with zero attached hydrogens (tertiary/aromatic N) is 1. The summed E-state index contributed by atoms with van der Waals surface area (Å²) in [7, 11) is 0. The lowest BCUT2D eigenvalue weighted by molar-refractivity contribution is -0.679. The van der Waals surface area contributed by atoms with Gasteiger partial charge in [-0.1, -0.05) is 37.3 Å². The maximum Gasteiger partial charge on any atom is 0.255 e. The van der Waals surface area contributed by atoms with Crippen LogP contribution in [0.25, 0.3) is 11.0 Å². The Hall–Kier alpha value is -2.29.